The van der Waals surface area contributed by atoms with Gasteiger partial charge in [0.25, 0.3) is 0 Å². The van der Waals surface area contributed by atoms with Crippen molar-refractivity contribution in [1.82, 2.24) is 0 Å². The van der Waals surface area contributed by atoms with E-state index in [2.05, 4.69) is 239 Å². The van der Waals surface area contributed by atoms with Gasteiger partial charge in [-0.2, -0.15) is 0 Å². The number of rotatable bonds is 62. The van der Waals surface area contributed by atoms with E-state index in [-0.39, 0.29) is 32.6 Å². The average Bonchev–Trinajstić information content (AvgIpc) is 3.74. The second-order valence-corrected chi connectivity index (χ2v) is 23.4. The zero-order valence-electron chi connectivity index (χ0n) is 56.7. The summed E-state index contributed by atoms with van der Waals surface area (Å²) in [5, 5.41) is 0. The van der Waals surface area contributed by atoms with E-state index in [0.717, 1.165) is 148 Å². The summed E-state index contributed by atoms with van der Waals surface area (Å²) < 4.78 is 33.1. The standard InChI is InChI=1S/C81H124NO8P/c1-3-5-7-9-11-13-15-17-19-21-23-25-27-29-31-33-34-35-36-37-38-39-40-41-42-43-44-46-48-50-52-54-56-58-60-62-64-66-68-70-72-74-81(84)90-79(78-89-91(85,86)88-76-75-82)77-87-80(83)73-71-69-67-65-63-61-59-57-55-53-51-49-47-45-32-30-28-26-24-22-20-18-16-14-12-10-8-6-4-2/h5-8,11-14,17-20,23-26,29-32,34-35,37-38,40-41,43-44,47-50,53,55,59,61,65,67,79H,3-4,9-10,15-16,21-22,27-28,33,36,39,42,45-46,51-52,54,56-58,60,62-64,66,68-78,82H2,1-2H3,(H,85,86)/b7-5-,8-6-,13-11-,14-12-,19-17-,20-18-,25-23-,26-24-,31-29-,32-30-,35-34-,38-37-,41-40-,44-43-,49-47-,50-48-,55-53-,61-59-,67-65-. The lowest BCUT2D eigenvalue weighted by atomic mass is 10.0. The maximum Gasteiger partial charge on any atom is 0.472 e. The van der Waals surface area contributed by atoms with Gasteiger partial charge in [0.1, 0.15) is 6.61 Å². The summed E-state index contributed by atoms with van der Waals surface area (Å²) in [6.45, 7) is 3.41. The molecule has 2 atom stereocenters. The van der Waals surface area contributed by atoms with Crippen LogP contribution in [0.5, 0.6) is 0 Å². The third kappa shape index (κ3) is 73.0. The van der Waals surface area contributed by atoms with Crippen LogP contribution < -0.4 is 5.73 Å². The van der Waals surface area contributed by atoms with Crippen LogP contribution in [-0.4, -0.2) is 49.3 Å². The number of nitrogens with two attached hydrogens (primary N) is 1. The molecule has 0 radical (unpaired) electrons. The van der Waals surface area contributed by atoms with Crippen molar-refractivity contribution < 1.29 is 37.6 Å². The molecule has 9 nitrogen and oxygen atoms in total. The van der Waals surface area contributed by atoms with Crippen LogP contribution in [0.15, 0.2) is 231 Å². The van der Waals surface area contributed by atoms with Crippen LogP contribution in [0.4, 0.5) is 0 Å². The van der Waals surface area contributed by atoms with Crippen LogP contribution in [0.2, 0.25) is 0 Å². The van der Waals surface area contributed by atoms with E-state index in [1.54, 1.807) is 0 Å². The Morgan fingerprint density at radius 3 is 0.879 bits per heavy atom. The third-order valence-electron chi connectivity index (χ3n) is 13.5. The second-order valence-electron chi connectivity index (χ2n) is 21.9. The highest BCUT2D eigenvalue weighted by atomic mass is 31.2. The smallest absolute Gasteiger partial charge is 0.462 e. The molecule has 0 saturated carbocycles. The van der Waals surface area contributed by atoms with Crippen molar-refractivity contribution in [2.24, 2.45) is 5.73 Å². The van der Waals surface area contributed by atoms with E-state index in [9.17, 15) is 19.0 Å². The van der Waals surface area contributed by atoms with Crippen LogP contribution in [-0.2, 0) is 32.7 Å². The number of hydrogen-bond acceptors (Lipinski definition) is 8. The quantitative estimate of drug-likeness (QED) is 0.0264. The molecule has 0 aromatic heterocycles. The lowest BCUT2D eigenvalue weighted by Crippen LogP contribution is -2.29. The highest BCUT2D eigenvalue weighted by Crippen LogP contribution is 2.43. The summed E-state index contributed by atoms with van der Waals surface area (Å²) in [5.74, 6) is -0.921. The first-order chi connectivity index (χ1) is 44.8. The summed E-state index contributed by atoms with van der Waals surface area (Å²) in [4.78, 5) is 35.3. The van der Waals surface area contributed by atoms with Crippen molar-refractivity contribution in [2.45, 2.75) is 238 Å². The predicted molar refractivity (Wildman–Crippen MR) is 394 cm³/mol. The molecule has 0 aliphatic carbocycles. The minimum atomic E-state index is -4.43. The molecule has 0 aromatic carbocycles. The Labute approximate surface area is 555 Å². The van der Waals surface area contributed by atoms with E-state index < -0.39 is 32.5 Å². The van der Waals surface area contributed by atoms with Crippen molar-refractivity contribution >= 4 is 19.8 Å². The number of hydrogen-bond donors (Lipinski definition) is 2. The molecule has 0 amide bonds. The Bertz CT molecular complexity index is 2340. The summed E-state index contributed by atoms with van der Waals surface area (Å²) in [5.41, 5.74) is 5.39. The zero-order valence-corrected chi connectivity index (χ0v) is 57.6. The van der Waals surface area contributed by atoms with E-state index in [0.29, 0.717) is 19.3 Å². The first kappa shape index (κ1) is 85.1. The second kappa shape index (κ2) is 73.1. The number of ether oxygens (including phenoxy) is 2. The maximum absolute atomic E-state index is 12.8. The zero-order chi connectivity index (χ0) is 65.8. The number of unbranched alkanes of at least 4 members (excludes halogenated alkanes) is 11. The van der Waals surface area contributed by atoms with Gasteiger partial charge >= 0.3 is 19.8 Å². The fraction of sp³-hybridized carbons (Fsp3) is 0.506. The Hall–Kier alpha value is -5.93. The molecule has 0 spiro atoms. The average molecular weight is 1270 g/mol. The number of carbonyl (C=O) groups is 2. The van der Waals surface area contributed by atoms with Gasteiger partial charge in [-0.05, 0) is 154 Å². The Morgan fingerprint density at radius 2 is 0.582 bits per heavy atom. The van der Waals surface area contributed by atoms with Gasteiger partial charge < -0.3 is 20.1 Å². The summed E-state index contributed by atoms with van der Waals surface area (Å²) in [7, 11) is -4.43. The molecule has 0 saturated heterocycles. The largest absolute Gasteiger partial charge is 0.472 e. The van der Waals surface area contributed by atoms with Gasteiger partial charge in [-0.25, -0.2) is 4.57 Å². The fourth-order valence-electron chi connectivity index (χ4n) is 8.49. The van der Waals surface area contributed by atoms with Gasteiger partial charge in [0, 0.05) is 19.4 Å². The van der Waals surface area contributed by atoms with Crippen molar-refractivity contribution in [2.75, 3.05) is 26.4 Å². The number of phosphoric ester groups is 1. The molecule has 3 N–H and O–H groups in total. The van der Waals surface area contributed by atoms with Crippen molar-refractivity contribution in [1.29, 1.82) is 0 Å². The SMILES string of the molecule is CC/C=C\C/C=C\C/C=C\C/C=C\C/C=C\C/C=C\C/C=C\C/C=C\C/C=C\C/C=C\CCCCCCCCCCCCC(=O)OC(COC(=O)CCC/C=C\C/C=C\C/C=C\C/C=C\C/C=C\C/C=C\C/C=C\C/C=C\C/C=C\CC)COP(=O)(O)OCCN. The van der Waals surface area contributed by atoms with Gasteiger partial charge in [0.2, 0.25) is 0 Å². The third-order valence-corrected chi connectivity index (χ3v) is 14.5. The predicted octanol–water partition coefficient (Wildman–Crippen LogP) is 23.4. The molecule has 0 aliphatic rings. The van der Waals surface area contributed by atoms with Crippen molar-refractivity contribution in [3.63, 3.8) is 0 Å². The lowest BCUT2D eigenvalue weighted by molar-refractivity contribution is -0.161. The molecule has 0 heterocycles. The molecular formula is C81H124NO8P. The van der Waals surface area contributed by atoms with Crippen LogP contribution in [0.3, 0.4) is 0 Å². The van der Waals surface area contributed by atoms with Gasteiger partial charge in [-0.3, -0.25) is 18.6 Å². The highest BCUT2D eigenvalue weighted by Gasteiger charge is 2.26. The topological polar surface area (TPSA) is 134 Å². The van der Waals surface area contributed by atoms with Crippen LogP contribution in [0.1, 0.15) is 232 Å². The van der Waals surface area contributed by atoms with Gasteiger partial charge in [-0.1, -0.05) is 296 Å². The summed E-state index contributed by atoms with van der Waals surface area (Å²) in [6.07, 6.45) is 116. The van der Waals surface area contributed by atoms with Crippen molar-refractivity contribution in [3.8, 4) is 0 Å². The molecule has 506 valence electrons. The van der Waals surface area contributed by atoms with Crippen LogP contribution >= 0.6 is 7.82 Å². The van der Waals surface area contributed by atoms with Gasteiger partial charge in [-0.15, -0.1) is 0 Å². The molecule has 0 fully saturated rings. The lowest BCUT2D eigenvalue weighted by Gasteiger charge is -2.19. The minimum absolute atomic E-state index is 0.0324. The maximum atomic E-state index is 12.8. The van der Waals surface area contributed by atoms with E-state index in [4.69, 9.17) is 24.3 Å². The van der Waals surface area contributed by atoms with Crippen LogP contribution in [0.25, 0.3) is 0 Å². The van der Waals surface area contributed by atoms with Gasteiger partial charge in [0.15, 0.2) is 6.10 Å². The van der Waals surface area contributed by atoms with E-state index >= 15 is 0 Å². The first-order valence-corrected chi connectivity index (χ1v) is 36.4. The Kier molecular flexibility index (Phi) is 68.4. The molecule has 10 heteroatoms. The number of allylic oxidation sites excluding steroid dienone is 38. The molecule has 0 aromatic rings. The number of esters is 2. The minimum Gasteiger partial charge on any atom is -0.462 e. The van der Waals surface area contributed by atoms with Crippen LogP contribution in [0, 0.1) is 0 Å². The molecule has 0 rings (SSSR count). The summed E-state index contributed by atoms with van der Waals surface area (Å²) in [6, 6.07) is 0. The molecule has 91 heavy (non-hydrogen) atoms. The molecule has 0 bridgehead atoms. The first-order valence-electron chi connectivity index (χ1n) is 34.9. The monoisotopic (exact) mass is 1270 g/mol. The van der Waals surface area contributed by atoms with E-state index in [1.807, 2.05) is 6.08 Å². The number of phosphoric acid groups is 1. The molecule has 2 unspecified atom stereocenters. The molecule has 0 aliphatic heterocycles. The molecular weight excluding hydrogens is 1150 g/mol. The Balaban J connectivity index is 4.07. The number of carbonyl (C=O) groups excluding carboxylic acids is 2. The van der Waals surface area contributed by atoms with Gasteiger partial charge in [0.05, 0.1) is 13.2 Å². The normalized spacial score (nSPS) is 14.4. The summed E-state index contributed by atoms with van der Waals surface area (Å²) >= 11 is 0. The van der Waals surface area contributed by atoms with E-state index in [1.165, 1.54) is 38.5 Å². The Morgan fingerprint density at radius 1 is 0.330 bits per heavy atom. The highest BCUT2D eigenvalue weighted by molar-refractivity contribution is 7.47. The fourth-order valence-corrected chi connectivity index (χ4v) is 9.25. The van der Waals surface area contributed by atoms with Crippen molar-refractivity contribution in [3.05, 3.63) is 231 Å².